The van der Waals surface area contributed by atoms with Gasteiger partial charge in [0.15, 0.2) is 6.29 Å². The normalized spacial score (nSPS) is 45.4. The van der Waals surface area contributed by atoms with E-state index in [4.69, 9.17) is 18.6 Å². The molecule has 35 heavy (non-hydrogen) atoms. The number of aliphatic hydroxyl groups excluding tert-OH is 4. The highest BCUT2D eigenvalue weighted by atomic mass is 16.7. The van der Waals surface area contributed by atoms with E-state index in [1.54, 1.807) is 18.6 Å². The van der Waals surface area contributed by atoms with Crippen LogP contribution in [0.2, 0.25) is 0 Å². The van der Waals surface area contributed by atoms with E-state index in [9.17, 15) is 25.2 Å². The molecule has 5 rings (SSSR count). The van der Waals surface area contributed by atoms with Crippen molar-refractivity contribution in [3.63, 3.8) is 0 Å². The highest BCUT2D eigenvalue weighted by molar-refractivity contribution is 5.93. The van der Waals surface area contributed by atoms with Gasteiger partial charge in [0, 0.05) is 11.0 Å². The van der Waals surface area contributed by atoms with Gasteiger partial charge in [0.25, 0.3) is 0 Å². The molecule has 4 N–H and O–H groups in total. The van der Waals surface area contributed by atoms with Gasteiger partial charge < -0.3 is 39.1 Å². The molecule has 2 aliphatic carbocycles. The van der Waals surface area contributed by atoms with Crippen LogP contribution in [0.4, 0.5) is 0 Å². The maximum atomic E-state index is 12.8. The van der Waals surface area contributed by atoms with Gasteiger partial charge in [0.2, 0.25) is 0 Å². The number of cyclic esters (lactones) is 1. The maximum absolute atomic E-state index is 12.8. The Labute approximate surface area is 204 Å². The third kappa shape index (κ3) is 4.06. The molecule has 194 valence electrons. The summed E-state index contributed by atoms with van der Waals surface area (Å²) in [5.41, 5.74) is 1.28. The van der Waals surface area contributed by atoms with Gasteiger partial charge in [-0.05, 0) is 67.1 Å². The average Bonchev–Trinajstić information content (AvgIpc) is 3.49. The average molecular weight is 493 g/mol. The Kier molecular flexibility index (Phi) is 6.61. The Balaban J connectivity index is 1.43. The van der Waals surface area contributed by atoms with Gasteiger partial charge in [-0.15, -0.1) is 0 Å². The summed E-state index contributed by atoms with van der Waals surface area (Å²) in [4.78, 5) is 12.8. The third-order valence-electron chi connectivity index (χ3n) is 9.34. The molecule has 10 atom stereocenters. The Morgan fingerprint density at radius 1 is 1.20 bits per heavy atom. The van der Waals surface area contributed by atoms with Crippen LogP contribution < -0.4 is 0 Å². The predicted octanol–water partition coefficient (Wildman–Crippen LogP) is 1.32. The molecule has 3 heterocycles. The minimum absolute atomic E-state index is 0.0898. The molecule has 1 spiro atoms. The van der Waals surface area contributed by atoms with Crippen LogP contribution in [0.1, 0.15) is 45.1 Å². The van der Waals surface area contributed by atoms with E-state index < -0.39 is 43.4 Å². The van der Waals surface area contributed by atoms with E-state index in [1.165, 1.54) is 0 Å². The largest absolute Gasteiger partial charge is 0.472 e. The van der Waals surface area contributed by atoms with Gasteiger partial charge in [0.05, 0.1) is 25.2 Å². The van der Waals surface area contributed by atoms with Crippen molar-refractivity contribution in [3.05, 3.63) is 35.8 Å². The van der Waals surface area contributed by atoms with Crippen molar-refractivity contribution >= 4 is 5.97 Å². The van der Waals surface area contributed by atoms with Crippen LogP contribution in [0.25, 0.3) is 0 Å². The van der Waals surface area contributed by atoms with Crippen LogP contribution in [0.15, 0.2) is 34.7 Å². The minimum atomic E-state index is -1.52. The molecule has 0 bridgehead atoms. The van der Waals surface area contributed by atoms with Gasteiger partial charge in [0.1, 0.15) is 31.0 Å². The third-order valence-corrected chi connectivity index (χ3v) is 9.34. The van der Waals surface area contributed by atoms with Gasteiger partial charge in [-0.1, -0.05) is 13.8 Å². The summed E-state index contributed by atoms with van der Waals surface area (Å²) in [6.45, 7) is 4.40. The lowest BCUT2D eigenvalue weighted by molar-refractivity contribution is -0.310. The number of rotatable bonds is 6. The Hall–Kier alpha value is -1.75. The van der Waals surface area contributed by atoms with Crippen LogP contribution in [0, 0.1) is 22.7 Å². The molecule has 10 unspecified atom stereocenters. The van der Waals surface area contributed by atoms with E-state index in [2.05, 4.69) is 13.8 Å². The highest BCUT2D eigenvalue weighted by Gasteiger charge is 2.62. The quantitative estimate of drug-likeness (QED) is 0.433. The Morgan fingerprint density at radius 3 is 2.71 bits per heavy atom. The van der Waals surface area contributed by atoms with E-state index in [-0.39, 0.29) is 22.7 Å². The Morgan fingerprint density at radius 2 is 2.00 bits per heavy atom. The number of furan rings is 1. The summed E-state index contributed by atoms with van der Waals surface area (Å²) in [5.74, 6) is 0.170. The first kappa shape index (κ1) is 24.9. The molecule has 2 aliphatic heterocycles. The molecule has 0 aromatic carbocycles. The van der Waals surface area contributed by atoms with Gasteiger partial charge in [-0.2, -0.15) is 0 Å². The molecule has 9 heteroatoms. The fourth-order valence-corrected chi connectivity index (χ4v) is 6.93. The van der Waals surface area contributed by atoms with Crippen LogP contribution in [-0.2, 0) is 25.4 Å². The van der Waals surface area contributed by atoms with Crippen LogP contribution >= 0.6 is 0 Å². The molecule has 1 aromatic heterocycles. The molecule has 0 radical (unpaired) electrons. The van der Waals surface area contributed by atoms with Crippen LogP contribution in [0.3, 0.4) is 0 Å². The number of aryl methyl sites for hydroxylation is 1. The van der Waals surface area contributed by atoms with Crippen LogP contribution in [0.5, 0.6) is 0 Å². The molecule has 2 saturated heterocycles. The zero-order valence-electron chi connectivity index (χ0n) is 20.2. The molecule has 1 aromatic rings. The first-order valence-corrected chi connectivity index (χ1v) is 12.6. The lowest BCUT2D eigenvalue weighted by Crippen LogP contribution is -2.60. The van der Waals surface area contributed by atoms with Crippen molar-refractivity contribution in [1.82, 2.24) is 0 Å². The van der Waals surface area contributed by atoms with Crippen molar-refractivity contribution < 1.29 is 43.8 Å². The van der Waals surface area contributed by atoms with Crippen molar-refractivity contribution in [1.29, 1.82) is 0 Å². The van der Waals surface area contributed by atoms with E-state index in [0.717, 1.165) is 31.2 Å². The van der Waals surface area contributed by atoms with Crippen molar-refractivity contribution in [3.8, 4) is 0 Å². The SMILES string of the molecule is CC1CCC23COC(=O)C2=CC(OC2OC(CO)C(O)C(O)C2O)CC3C1(C)CCc1ccoc1. The second kappa shape index (κ2) is 9.28. The van der Waals surface area contributed by atoms with Gasteiger partial charge in [-0.3, -0.25) is 0 Å². The number of carbonyl (C=O) groups is 1. The molecule has 0 amide bonds. The first-order valence-electron chi connectivity index (χ1n) is 12.6. The summed E-state index contributed by atoms with van der Waals surface area (Å²) in [6.07, 6.45) is 2.12. The molecule has 4 aliphatic rings. The van der Waals surface area contributed by atoms with Crippen LogP contribution in [-0.4, -0.2) is 76.4 Å². The second-order valence-corrected chi connectivity index (χ2v) is 11.0. The zero-order chi connectivity index (χ0) is 25.0. The van der Waals surface area contributed by atoms with Crippen molar-refractivity contribution in [2.45, 2.75) is 82.8 Å². The lowest BCUT2D eigenvalue weighted by Gasteiger charge is -2.57. The number of ether oxygens (including phenoxy) is 3. The van der Waals surface area contributed by atoms with Gasteiger partial charge >= 0.3 is 5.97 Å². The molecule has 3 fully saturated rings. The number of hydrogen-bond acceptors (Lipinski definition) is 9. The van der Waals surface area contributed by atoms with E-state index >= 15 is 0 Å². The summed E-state index contributed by atoms with van der Waals surface area (Å²) >= 11 is 0. The van der Waals surface area contributed by atoms with Gasteiger partial charge in [-0.25, -0.2) is 4.79 Å². The fourth-order valence-electron chi connectivity index (χ4n) is 6.93. The second-order valence-electron chi connectivity index (χ2n) is 11.0. The van der Waals surface area contributed by atoms with E-state index in [1.807, 2.05) is 6.07 Å². The maximum Gasteiger partial charge on any atom is 0.334 e. The zero-order valence-corrected chi connectivity index (χ0v) is 20.2. The Bertz CT molecular complexity index is 943. The minimum Gasteiger partial charge on any atom is -0.472 e. The van der Waals surface area contributed by atoms with Crippen molar-refractivity contribution in [2.24, 2.45) is 22.7 Å². The summed E-state index contributed by atoms with van der Waals surface area (Å²) < 4.78 is 22.6. The molecule has 1 saturated carbocycles. The summed E-state index contributed by atoms with van der Waals surface area (Å²) in [7, 11) is 0. The topological polar surface area (TPSA) is 139 Å². The number of aliphatic hydroxyl groups is 4. The summed E-state index contributed by atoms with van der Waals surface area (Å²) in [6, 6.07) is 1.98. The predicted molar refractivity (Wildman–Crippen MR) is 122 cm³/mol. The number of carbonyl (C=O) groups excluding carboxylic acids is 1. The molecular weight excluding hydrogens is 456 g/mol. The highest BCUT2D eigenvalue weighted by Crippen LogP contribution is 2.64. The summed E-state index contributed by atoms with van der Waals surface area (Å²) in [5, 5.41) is 40.3. The number of esters is 1. The fraction of sp³-hybridized carbons (Fsp3) is 0.731. The lowest BCUT2D eigenvalue weighted by atomic mass is 9.46. The molecular formula is C26H36O9. The molecule has 9 nitrogen and oxygen atoms in total. The van der Waals surface area contributed by atoms with Crippen molar-refractivity contribution in [2.75, 3.05) is 13.2 Å². The van der Waals surface area contributed by atoms with E-state index in [0.29, 0.717) is 24.5 Å². The standard InChI is InChI=1S/C26H36O9/c1-14-3-7-26-13-33-23(31)17(26)9-16(34-24-22(30)21(29)20(28)18(11-27)35-24)10-19(26)25(14,2)6-4-15-5-8-32-12-15/h5,8-9,12,14,16,18-22,24,27-30H,3-4,6-7,10-11,13H2,1-2H3. The smallest absolute Gasteiger partial charge is 0.334 e. The monoisotopic (exact) mass is 492 g/mol. The first-order chi connectivity index (χ1) is 16.7. The number of hydrogen-bond donors (Lipinski definition) is 4.